The van der Waals surface area contributed by atoms with Gasteiger partial charge in [0.2, 0.25) is 0 Å². The van der Waals surface area contributed by atoms with E-state index in [9.17, 15) is 9.50 Å². The number of hydrogen-bond donors (Lipinski definition) is 1. The largest absolute Gasteiger partial charge is 0.388 e. The zero-order valence-electron chi connectivity index (χ0n) is 11.1. The molecule has 3 aromatic rings. The van der Waals surface area contributed by atoms with Crippen LogP contribution in [0.15, 0.2) is 59.1 Å². The minimum Gasteiger partial charge on any atom is -0.388 e. The number of rotatable bonds is 3. The molecule has 0 aliphatic carbocycles. The van der Waals surface area contributed by atoms with Crippen molar-refractivity contribution in [3.63, 3.8) is 0 Å². The fraction of sp³-hybridized carbons (Fsp3) is 0.118. The predicted octanol–water partition coefficient (Wildman–Crippen LogP) is 4.41. The summed E-state index contributed by atoms with van der Waals surface area (Å²) in [6.07, 6.45) is -0.644. The van der Waals surface area contributed by atoms with Crippen LogP contribution in [-0.2, 0) is 6.42 Å². The molecule has 0 fully saturated rings. The molecule has 1 heterocycles. The Morgan fingerprint density at radius 2 is 1.90 bits per heavy atom. The Bertz CT molecular complexity index is 791. The van der Waals surface area contributed by atoms with Gasteiger partial charge in [0.05, 0.1) is 11.6 Å². The Kier molecular flexibility index (Phi) is 3.99. The van der Waals surface area contributed by atoms with Crippen molar-refractivity contribution in [1.29, 1.82) is 0 Å². The molecule has 1 atom stereocenters. The molecule has 0 spiro atoms. The quantitative estimate of drug-likeness (QED) is 0.762. The molecule has 1 unspecified atom stereocenters. The molecule has 106 valence electrons. The summed E-state index contributed by atoms with van der Waals surface area (Å²) < 4.78 is 14.5. The van der Waals surface area contributed by atoms with Crippen LogP contribution < -0.4 is 0 Å². The third-order valence-corrected chi connectivity index (χ3v) is 3.87. The van der Waals surface area contributed by atoms with Gasteiger partial charge >= 0.3 is 0 Å². The van der Waals surface area contributed by atoms with E-state index in [0.717, 1.165) is 21.1 Å². The Morgan fingerprint density at radius 1 is 1.10 bits per heavy atom. The van der Waals surface area contributed by atoms with Gasteiger partial charge in [-0.15, -0.1) is 0 Å². The maximum atomic E-state index is 13.8. The number of benzene rings is 2. The minimum absolute atomic E-state index is 0.276. The van der Waals surface area contributed by atoms with Gasteiger partial charge in [-0.1, -0.05) is 40.2 Å². The second-order valence-corrected chi connectivity index (χ2v) is 5.80. The first kappa shape index (κ1) is 14.2. The second-order valence-electron chi connectivity index (χ2n) is 4.88. The monoisotopic (exact) mass is 345 g/mol. The molecule has 0 amide bonds. The molecule has 1 N–H and O–H groups in total. The topological polar surface area (TPSA) is 33.1 Å². The molecule has 2 nitrogen and oxygen atoms in total. The molecule has 1 aromatic heterocycles. The minimum atomic E-state index is -0.920. The van der Waals surface area contributed by atoms with Crippen molar-refractivity contribution < 1.29 is 9.50 Å². The van der Waals surface area contributed by atoms with Crippen molar-refractivity contribution in [1.82, 2.24) is 4.98 Å². The molecule has 0 saturated heterocycles. The molecule has 2 aromatic carbocycles. The number of aromatic nitrogens is 1. The van der Waals surface area contributed by atoms with E-state index in [0.29, 0.717) is 0 Å². The molecule has 0 bridgehead atoms. The summed E-state index contributed by atoms with van der Waals surface area (Å²) in [5, 5.41) is 11.3. The molecule has 4 heteroatoms. The number of para-hydroxylation sites is 1. The van der Waals surface area contributed by atoms with Crippen molar-refractivity contribution in [3.8, 4) is 0 Å². The lowest BCUT2D eigenvalue weighted by molar-refractivity contribution is 0.172. The van der Waals surface area contributed by atoms with Crippen LogP contribution in [0.2, 0.25) is 0 Å². The molecule has 0 saturated carbocycles. The Hall–Kier alpha value is -1.78. The zero-order chi connectivity index (χ0) is 14.8. The zero-order valence-corrected chi connectivity index (χ0v) is 12.7. The highest BCUT2D eigenvalue weighted by molar-refractivity contribution is 9.10. The first-order valence-corrected chi connectivity index (χ1v) is 7.40. The van der Waals surface area contributed by atoms with E-state index in [1.807, 2.05) is 36.4 Å². The van der Waals surface area contributed by atoms with Crippen LogP contribution in [-0.4, -0.2) is 10.1 Å². The van der Waals surface area contributed by atoms with Crippen molar-refractivity contribution in [3.05, 3.63) is 76.1 Å². The summed E-state index contributed by atoms with van der Waals surface area (Å²) in [7, 11) is 0. The van der Waals surface area contributed by atoms with Crippen LogP contribution in [0.1, 0.15) is 17.4 Å². The summed E-state index contributed by atoms with van der Waals surface area (Å²) in [5.74, 6) is -0.411. The van der Waals surface area contributed by atoms with E-state index >= 15 is 0 Å². The van der Waals surface area contributed by atoms with E-state index in [1.54, 1.807) is 12.1 Å². The van der Waals surface area contributed by atoms with E-state index < -0.39 is 11.9 Å². The van der Waals surface area contributed by atoms with Crippen LogP contribution in [0.25, 0.3) is 10.9 Å². The number of halogens is 2. The van der Waals surface area contributed by atoms with Gasteiger partial charge < -0.3 is 5.11 Å². The number of hydrogen-bond acceptors (Lipinski definition) is 2. The molecule has 21 heavy (non-hydrogen) atoms. The SMILES string of the molecule is OC(Cc1ccc2ccccc2n1)c1cc(Br)ccc1F. The number of fused-ring (bicyclic) bond motifs is 1. The lowest BCUT2D eigenvalue weighted by atomic mass is 10.0. The van der Waals surface area contributed by atoms with Crippen LogP contribution in [0.5, 0.6) is 0 Å². The van der Waals surface area contributed by atoms with Crippen LogP contribution >= 0.6 is 15.9 Å². The number of pyridine rings is 1. The van der Waals surface area contributed by atoms with E-state index in [2.05, 4.69) is 20.9 Å². The summed E-state index contributed by atoms with van der Waals surface area (Å²) in [6.45, 7) is 0. The fourth-order valence-corrected chi connectivity index (χ4v) is 2.68. The fourth-order valence-electron chi connectivity index (χ4n) is 2.30. The number of nitrogens with zero attached hydrogens (tertiary/aromatic N) is 1. The van der Waals surface area contributed by atoms with Gasteiger partial charge in [0.25, 0.3) is 0 Å². The van der Waals surface area contributed by atoms with Crippen LogP contribution in [0.4, 0.5) is 4.39 Å². The highest BCUT2D eigenvalue weighted by atomic mass is 79.9. The van der Waals surface area contributed by atoms with Crippen LogP contribution in [0, 0.1) is 5.82 Å². The summed E-state index contributed by atoms with van der Waals surface area (Å²) >= 11 is 3.29. The van der Waals surface area contributed by atoms with Crippen LogP contribution in [0.3, 0.4) is 0 Å². The summed E-state index contributed by atoms with van der Waals surface area (Å²) in [5.41, 5.74) is 1.89. The lowest BCUT2D eigenvalue weighted by Gasteiger charge is -2.12. The van der Waals surface area contributed by atoms with E-state index in [1.165, 1.54) is 6.07 Å². The third kappa shape index (κ3) is 3.12. The molecular weight excluding hydrogens is 333 g/mol. The summed E-state index contributed by atoms with van der Waals surface area (Å²) in [4.78, 5) is 4.50. The van der Waals surface area contributed by atoms with Crippen molar-refractivity contribution >= 4 is 26.8 Å². The number of aliphatic hydroxyl groups is 1. The highest BCUT2D eigenvalue weighted by Crippen LogP contribution is 2.24. The third-order valence-electron chi connectivity index (χ3n) is 3.38. The lowest BCUT2D eigenvalue weighted by Crippen LogP contribution is -2.06. The predicted molar refractivity (Wildman–Crippen MR) is 84.5 cm³/mol. The van der Waals surface area contributed by atoms with E-state index in [4.69, 9.17) is 0 Å². The summed E-state index contributed by atoms with van der Waals surface area (Å²) in [6, 6.07) is 16.2. The van der Waals surface area contributed by atoms with Gasteiger partial charge in [0.15, 0.2) is 0 Å². The average molecular weight is 346 g/mol. The van der Waals surface area contributed by atoms with E-state index in [-0.39, 0.29) is 12.0 Å². The molecular formula is C17H13BrFNO. The standard InChI is InChI=1S/C17H13BrFNO/c18-12-6-8-15(19)14(9-12)17(21)10-13-7-5-11-3-1-2-4-16(11)20-13/h1-9,17,21H,10H2. The van der Waals surface area contributed by atoms with Crippen molar-refractivity contribution in [2.45, 2.75) is 12.5 Å². The van der Waals surface area contributed by atoms with Gasteiger partial charge in [-0.3, -0.25) is 4.98 Å². The first-order chi connectivity index (χ1) is 10.1. The molecule has 3 rings (SSSR count). The van der Waals surface area contributed by atoms with Crippen molar-refractivity contribution in [2.24, 2.45) is 0 Å². The Labute approximate surface area is 130 Å². The maximum absolute atomic E-state index is 13.8. The Morgan fingerprint density at radius 3 is 2.76 bits per heavy atom. The second kappa shape index (κ2) is 5.92. The molecule has 0 aliphatic heterocycles. The highest BCUT2D eigenvalue weighted by Gasteiger charge is 2.14. The molecule has 0 radical (unpaired) electrons. The normalized spacial score (nSPS) is 12.5. The smallest absolute Gasteiger partial charge is 0.129 e. The van der Waals surface area contributed by atoms with Gasteiger partial charge in [-0.05, 0) is 30.3 Å². The van der Waals surface area contributed by atoms with Gasteiger partial charge in [0.1, 0.15) is 5.82 Å². The van der Waals surface area contributed by atoms with Crippen molar-refractivity contribution in [2.75, 3.05) is 0 Å². The van der Waals surface area contributed by atoms with Gasteiger partial charge in [-0.25, -0.2) is 4.39 Å². The number of aliphatic hydroxyl groups excluding tert-OH is 1. The Balaban J connectivity index is 1.88. The average Bonchev–Trinajstić information content (AvgIpc) is 2.49. The first-order valence-electron chi connectivity index (χ1n) is 6.61. The maximum Gasteiger partial charge on any atom is 0.129 e. The molecule has 0 aliphatic rings. The van der Waals surface area contributed by atoms with Gasteiger partial charge in [0, 0.05) is 27.5 Å². The van der Waals surface area contributed by atoms with Gasteiger partial charge in [-0.2, -0.15) is 0 Å².